The molecule has 2 aliphatic rings. The zero-order chi connectivity index (χ0) is 15.1. The van der Waals surface area contributed by atoms with Crippen LogP contribution in [-0.2, 0) is 0 Å². The number of hydrogen-bond acceptors (Lipinski definition) is 2. The fourth-order valence-corrected chi connectivity index (χ4v) is 3.89. The normalized spacial score (nSPS) is 25.3. The van der Waals surface area contributed by atoms with E-state index in [1.165, 1.54) is 11.1 Å². The molecule has 1 heterocycles. The number of fused-ring (bicyclic) bond motifs is 3. The molecular weight excluding hydrogens is 294 g/mol. The van der Waals surface area contributed by atoms with Crippen LogP contribution in [0.5, 0.6) is 5.75 Å². The van der Waals surface area contributed by atoms with Gasteiger partial charge >= 0.3 is 0 Å². The molecule has 2 nitrogen and oxygen atoms in total. The molecule has 0 unspecified atom stereocenters. The average Bonchev–Trinajstić information content (AvgIpc) is 3.04. The third-order valence-electron chi connectivity index (χ3n) is 4.81. The highest BCUT2D eigenvalue weighted by Crippen LogP contribution is 2.52. The van der Waals surface area contributed by atoms with Gasteiger partial charge in [-0.1, -0.05) is 48.0 Å². The molecule has 2 aromatic rings. The average molecular weight is 312 g/mol. The zero-order valence-corrected chi connectivity index (χ0v) is 13.2. The van der Waals surface area contributed by atoms with Gasteiger partial charge in [0.05, 0.1) is 18.8 Å². The minimum absolute atomic E-state index is 0.279. The van der Waals surface area contributed by atoms with E-state index in [0.29, 0.717) is 11.8 Å². The van der Waals surface area contributed by atoms with Crippen molar-refractivity contribution in [2.75, 3.05) is 12.4 Å². The SMILES string of the molecule is COc1cccc2c1N[C@H](c1ccc(Cl)cc1)[C@@H]1CC=C[C@H]21. The van der Waals surface area contributed by atoms with Gasteiger partial charge in [-0.05, 0) is 41.7 Å². The summed E-state index contributed by atoms with van der Waals surface area (Å²) in [5.74, 6) is 1.91. The van der Waals surface area contributed by atoms with E-state index in [0.717, 1.165) is 22.9 Å². The van der Waals surface area contributed by atoms with Crippen LogP contribution in [0.25, 0.3) is 0 Å². The number of ether oxygens (including phenoxy) is 1. The molecule has 3 heteroatoms. The lowest BCUT2D eigenvalue weighted by Crippen LogP contribution is -2.29. The molecule has 0 spiro atoms. The van der Waals surface area contributed by atoms with Crippen LogP contribution in [0.1, 0.15) is 29.5 Å². The maximum atomic E-state index is 6.04. The number of methoxy groups -OCH3 is 1. The standard InChI is InChI=1S/C19H18ClNO/c1-22-17-7-3-6-16-14-4-2-5-15(14)18(21-19(16)17)12-8-10-13(20)11-9-12/h2-4,6-11,14-15,18,21H,5H2,1H3/t14-,15+,18+/m0/s1. The van der Waals surface area contributed by atoms with E-state index in [1.807, 2.05) is 18.2 Å². The molecule has 4 rings (SSSR count). The van der Waals surface area contributed by atoms with Crippen molar-refractivity contribution < 1.29 is 4.74 Å². The Kier molecular flexibility index (Phi) is 3.34. The first-order chi connectivity index (χ1) is 10.8. The molecule has 2 aromatic carbocycles. The van der Waals surface area contributed by atoms with Gasteiger partial charge in [-0.2, -0.15) is 0 Å². The molecule has 0 radical (unpaired) electrons. The summed E-state index contributed by atoms with van der Waals surface area (Å²) in [4.78, 5) is 0. The van der Waals surface area contributed by atoms with Crippen molar-refractivity contribution in [1.82, 2.24) is 0 Å². The lowest BCUT2D eigenvalue weighted by molar-refractivity contribution is 0.397. The Balaban J connectivity index is 1.81. The maximum Gasteiger partial charge on any atom is 0.142 e. The van der Waals surface area contributed by atoms with Crippen LogP contribution >= 0.6 is 11.6 Å². The number of rotatable bonds is 2. The van der Waals surface area contributed by atoms with Crippen LogP contribution in [-0.4, -0.2) is 7.11 Å². The monoisotopic (exact) mass is 311 g/mol. The number of halogens is 1. The van der Waals surface area contributed by atoms with E-state index in [-0.39, 0.29) is 6.04 Å². The van der Waals surface area contributed by atoms with Gasteiger partial charge in [-0.25, -0.2) is 0 Å². The zero-order valence-electron chi connectivity index (χ0n) is 12.4. The number of para-hydroxylation sites is 1. The van der Waals surface area contributed by atoms with Crippen LogP contribution in [0.4, 0.5) is 5.69 Å². The molecule has 0 aromatic heterocycles. The van der Waals surface area contributed by atoms with Crippen molar-refractivity contribution in [1.29, 1.82) is 0 Å². The van der Waals surface area contributed by atoms with Gasteiger partial charge < -0.3 is 10.1 Å². The molecule has 0 bridgehead atoms. The van der Waals surface area contributed by atoms with Gasteiger partial charge in [-0.3, -0.25) is 0 Å². The summed E-state index contributed by atoms with van der Waals surface area (Å²) < 4.78 is 5.56. The van der Waals surface area contributed by atoms with E-state index in [9.17, 15) is 0 Å². The van der Waals surface area contributed by atoms with Crippen LogP contribution < -0.4 is 10.1 Å². The smallest absolute Gasteiger partial charge is 0.142 e. The maximum absolute atomic E-state index is 6.04. The Hall–Kier alpha value is -1.93. The molecule has 3 atom stereocenters. The largest absolute Gasteiger partial charge is 0.495 e. The third kappa shape index (κ3) is 2.10. The summed E-state index contributed by atoms with van der Waals surface area (Å²) in [5.41, 5.74) is 3.74. The summed E-state index contributed by atoms with van der Waals surface area (Å²) in [6.45, 7) is 0. The molecule has 22 heavy (non-hydrogen) atoms. The lowest BCUT2D eigenvalue weighted by Gasteiger charge is -2.38. The van der Waals surface area contributed by atoms with Crippen molar-refractivity contribution in [3.05, 3.63) is 70.8 Å². The van der Waals surface area contributed by atoms with Gasteiger partial charge in [0.1, 0.15) is 5.75 Å². The first-order valence-corrected chi connectivity index (χ1v) is 8.01. The van der Waals surface area contributed by atoms with Crippen LogP contribution in [0.3, 0.4) is 0 Å². The summed E-state index contributed by atoms with van der Waals surface area (Å²) in [6.07, 6.45) is 5.74. The van der Waals surface area contributed by atoms with Gasteiger partial charge in [0.15, 0.2) is 0 Å². The summed E-state index contributed by atoms with van der Waals surface area (Å²) in [5, 5.41) is 4.49. The third-order valence-corrected chi connectivity index (χ3v) is 5.06. The molecule has 0 fully saturated rings. The predicted octanol–water partition coefficient (Wildman–Crippen LogP) is 5.18. The van der Waals surface area contributed by atoms with E-state index in [2.05, 4.69) is 41.7 Å². The summed E-state index contributed by atoms with van der Waals surface area (Å²) in [7, 11) is 1.73. The molecule has 0 saturated carbocycles. The summed E-state index contributed by atoms with van der Waals surface area (Å²) in [6, 6.07) is 14.7. The second kappa shape index (κ2) is 5.36. The second-order valence-corrected chi connectivity index (χ2v) is 6.39. The highest BCUT2D eigenvalue weighted by atomic mass is 35.5. The Morgan fingerprint density at radius 1 is 1.14 bits per heavy atom. The van der Waals surface area contributed by atoms with Gasteiger partial charge in [0.25, 0.3) is 0 Å². The van der Waals surface area contributed by atoms with Crippen LogP contribution in [0.15, 0.2) is 54.6 Å². The van der Waals surface area contributed by atoms with Gasteiger partial charge in [-0.15, -0.1) is 0 Å². The second-order valence-electron chi connectivity index (χ2n) is 5.95. The highest BCUT2D eigenvalue weighted by Gasteiger charge is 2.38. The Bertz CT molecular complexity index is 723. The first kappa shape index (κ1) is 13.7. The lowest BCUT2D eigenvalue weighted by atomic mass is 9.77. The molecule has 112 valence electrons. The van der Waals surface area contributed by atoms with Gasteiger partial charge in [0.2, 0.25) is 0 Å². The van der Waals surface area contributed by atoms with Gasteiger partial charge in [0, 0.05) is 10.9 Å². The first-order valence-electron chi connectivity index (χ1n) is 7.63. The van der Waals surface area contributed by atoms with Crippen LogP contribution in [0.2, 0.25) is 5.02 Å². The predicted molar refractivity (Wildman–Crippen MR) is 90.8 cm³/mol. The van der Waals surface area contributed by atoms with Crippen molar-refractivity contribution in [3.8, 4) is 5.75 Å². The minimum atomic E-state index is 0.279. The quantitative estimate of drug-likeness (QED) is 0.772. The number of anilines is 1. The number of allylic oxidation sites excluding steroid dienone is 2. The fourth-order valence-electron chi connectivity index (χ4n) is 3.76. The Morgan fingerprint density at radius 2 is 1.95 bits per heavy atom. The molecule has 1 aliphatic carbocycles. The Morgan fingerprint density at radius 3 is 2.73 bits per heavy atom. The van der Waals surface area contributed by atoms with Crippen molar-refractivity contribution in [2.45, 2.75) is 18.4 Å². The van der Waals surface area contributed by atoms with Crippen molar-refractivity contribution in [3.63, 3.8) is 0 Å². The Labute approximate surface area is 135 Å². The number of benzene rings is 2. The van der Waals surface area contributed by atoms with E-state index >= 15 is 0 Å². The minimum Gasteiger partial charge on any atom is -0.495 e. The van der Waals surface area contributed by atoms with E-state index < -0.39 is 0 Å². The van der Waals surface area contributed by atoms with Crippen molar-refractivity contribution >= 4 is 17.3 Å². The topological polar surface area (TPSA) is 21.3 Å². The molecule has 0 amide bonds. The fraction of sp³-hybridized carbons (Fsp3) is 0.263. The molecular formula is C19H18ClNO. The highest BCUT2D eigenvalue weighted by molar-refractivity contribution is 6.30. The molecule has 1 aliphatic heterocycles. The number of nitrogens with one attached hydrogen (secondary N) is 1. The summed E-state index contributed by atoms with van der Waals surface area (Å²) >= 11 is 6.04. The van der Waals surface area contributed by atoms with E-state index in [1.54, 1.807) is 7.11 Å². The number of hydrogen-bond donors (Lipinski definition) is 1. The van der Waals surface area contributed by atoms with Crippen molar-refractivity contribution in [2.24, 2.45) is 5.92 Å². The van der Waals surface area contributed by atoms with E-state index in [4.69, 9.17) is 16.3 Å². The van der Waals surface area contributed by atoms with Crippen LogP contribution in [0, 0.1) is 5.92 Å². The molecule has 0 saturated heterocycles. The molecule has 1 N–H and O–H groups in total.